The highest BCUT2D eigenvalue weighted by atomic mass is 32.3. The Hall–Kier alpha value is -0.900. The van der Waals surface area contributed by atoms with Crippen molar-refractivity contribution in [3.8, 4) is 0 Å². The molecule has 13 heteroatoms. The first-order chi connectivity index (χ1) is 27.6. The highest BCUT2D eigenvalue weighted by Gasteiger charge is 2.48. The van der Waals surface area contributed by atoms with Gasteiger partial charge in [-0.05, 0) is 12.8 Å². The lowest BCUT2D eigenvalue weighted by atomic mass is 9.99. The first kappa shape index (κ1) is 54.1. The number of rotatable bonds is 41. The largest absolute Gasteiger partial charge is 0.457 e. The third-order valence-corrected chi connectivity index (χ3v) is 11.4. The summed E-state index contributed by atoms with van der Waals surface area (Å²) in [5, 5.41) is 30.6. The van der Waals surface area contributed by atoms with Crippen LogP contribution in [0.15, 0.2) is 0 Å². The number of ether oxygens (including phenoxy) is 4. The van der Waals surface area contributed by atoms with E-state index < -0.39 is 59.8 Å². The molecular formula is C44H86O12S. The topological polar surface area (TPSA) is 178 Å². The van der Waals surface area contributed by atoms with Crippen LogP contribution in [0.3, 0.4) is 0 Å². The first-order valence-corrected chi connectivity index (χ1v) is 24.7. The maximum absolute atomic E-state index is 12.8. The zero-order chi connectivity index (χ0) is 41.8. The van der Waals surface area contributed by atoms with Crippen LogP contribution in [-0.4, -0.2) is 97.5 Å². The van der Waals surface area contributed by atoms with E-state index in [4.69, 9.17) is 23.5 Å². The van der Waals surface area contributed by atoms with Gasteiger partial charge in [0.1, 0.15) is 30.5 Å². The maximum atomic E-state index is 12.8. The average Bonchev–Trinajstić information content (AvgIpc) is 3.18. The number of carbonyl (C=O) groups is 1. The molecule has 1 rings (SSSR count). The van der Waals surface area contributed by atoms with Crippen LogP contribution >= 0.6 is 0 Å². The van der Waals surface area contributed by atoms with Crippen molar-refractivity contribution >= 4 is 16.4 Å². The van der Waals surface area contributed by atoms with Crippen molar-refractivity contribution < 1.29 is 56.2 Å². The third kappa shape index (κ3) is 30.7. The van der Waals surface area contributed by atoms with E-state index in [0.29, 0.717) is 13.0 Å². The van der Waals surface area contributed by atoms with Crippen molar-refractivity contribution in [2.75, 3.05) is 26.4 Å². The van der Waals surface area contributed by atoms with Crippen LogP contribution in [0.5, 0.6) is 0 Å². The van der Waals surface area contributed by atoms with Gasteiger partial charge in [0.2, 0.25) is 0 Å². The number of esters is 1. The van der Waals surface area contributed by atoms with E-state index in [0.717, 1.165) is 38.5 Å². The number of carbonyl (C=O) groups excluding carboxylic acids is 1. The molecular weight excluding hydrogens is 753 g/mol. The van der Waals surface area contributed by atoms with Gasteiger partial charge < -0.3 is 34.3 Å². The molecule has 1 fully saturated rings. The minimum Gasteiger partial charge on any atom is -0.457 e. The summed E-state index contributed by atoms with van der Waals surface area (Å²) in [6, 6.07) is 0. The molecule has 4 N–H and O–H groups in total. The van der Waals surface area contributed by atoms with Gasteiger partial charge in [0.15, 0.2) is 6.29 Å². The molecule has 0 bridgehead atoms. The van der Waals surface area contributed by atoms with Crippen LogP contribution in [0.25, 0.3) is 0 Å². The second-order valence-electron chi connectivity index (χ2n) is 16.4. The Morgan fingerprint density at radius 3 is 1.40 bits per heavy atom. The monoisotopic (exact) mass is 839 g/mol. The summed E-state index contributed by atoms with van der Waals surface area (Å²) in [5.41, 5.74) is 0. The molecule has 1 heterocycles. The van der Waals surface area contributed by atoms with Crippen LogP contribution in [0, 0.1) is 0 Å². The minimum atomic E-state index is -5.05. The van der Waals surface area contributed by atoms with E-state index in [1.165, 1.54) is 148 Å². The quantitative estimate of drug-likeness (QED) is 0.0261. The molecule has 1 aliphatic rings. The Morgan fingerprint density at radius 1 is 0.596 bits per heavy atom. The third-order valence-electron chi connectivity index (χ3n) is 11.0. The number of unbranched alkanes of at least 4 members (excludes halogenated alkanes) is 28. The Morgan fingerprint density at radius 2 is 1.00 bits per heavy atom. The number of aliphatic hydroxyl groups is 3. The van der Waals surface area contributed by atoms with Crippen LogP contribution < -0.4 is 0 Å². The van der Waals surface area contributed by atoms with Gasteiger partial charge >= 0.3 is 16.4 Å². The molecule has 0 radical (unpaired) electrons. The molecule has 0 aromatic rings. The number of hydrogen-bond donors (Lipinski definition) is 4. The molecule has 1 saturated heterocycles. The second kappa shape index (κ2) is 36.9. The Balaban J connectivity index is 2.29. The Kier molecular flexibility index (Phi) is 35.0. The molecule has 340 valence electrons. The van der Waals surface area contributed by atoms with Gasteiger partial charge in [0.05, 0.1) is 19.8 Å². The van der Waals surface area contributed by atoms with Gasteiger partial charge in [-0.25, -0.2) is 4.18 Å². The smallest absolute Gasteiger partial charge is 0.397 e. The molecule has 1 aliphatic heterocycles. The Bertz CT molecular complexity index is 1020. The van der Waals surface area contributed by atoms with E-state index in [-0.39, 0.29) is 19.6 Å². The molecule has 12 nitrogen and oxygen atoms in total. The molecule has 0 saturated carbocycles. The SMILES string of the molecule is CCCCCCCCCCCCCCCCCCCCCCCCC(=O)OC(COCCCCCCCCCC)COC1OC(CO)C(O)C(OS(=O)(=O)O)C1O. The van der Waals surface area contributed by atoms with Crippen LogP contribution in [-0.2, 0) is 38.3 Å². The maximum Gasteiger partial charge on any atom is 0.397 e. The van der Waals surface area contributed by atoms with E-state index in [1.54, 1.807) is 0 Å². The fraction of sp³-hybridized carbons (Fsp3) is 0.977. The summed E-state index contributed by atoms with van der Waals surface area (Å²) in [6.45, 7) is 4.00. The fourth-order valence-corrected chi connectivity index (χ4v) is 7.95. The van der Waals surface area contributed by atoms with Gasteiger partial charge in [0, 0.05) is 13.0 Å². The van der Waals surface area contributed by atoms with Gasteiger partial charge in [0.25, 0.3) is 0 Å². The number of aliphatic hydroxyl groups excluding tert-OH is 3. The normalized spacial score (nSPS) is 20.6. The molecule has 57 heavy (non-hydrogen) atoms. The van der Waals surface area contributed by atoms with Gasteiger partial charge in [-0.15, -0.1) is 0 Å². The standard InChI is InChI=1S/C44H86O12S/c1-3-5-7-9-11-13-14-15-16-17-18-19-20-21-22-23-24-25-26-27-29-31-33-40(46)54-38(36-52-34-32-30-28-12-10-8-6-4-2)37-53-44-42(48)43(56-57(49,50)51)41(47)39(35-45)55-44/h38-39,41-45,47-48H,3-37H2,1-2H3,(H,49,50,51). The lowest BCUT2D eigenvalue weighted by Gasteiger charge is -2.41. The summed E-state index contributed by atoms with van der Waals surface area (Å²) in [6.07, 6.45) is 28.8. The number of hydrogen-bond acceptors (Lipinski definition) is 11. The summed E-state index contributed by atoms with van der Waals surface area (Å²) in [7, 11) is -5.05. The van der Waals surface area contributed by atoms with Crippen molar-refractivity contribution in [1.29, 1.82) is 0 Å². The molecule has 0 spiro atoms. The summed E-state index contributed by atoms with van der Waals surface area (Å²) in [4.78, 5) is 12.8. The molecule has 6 unspecified atom stereocenters. The Labute approximate surface area is 347 Å². The lowest BCUT2D eigenvalue weighted by molar-refractivity contribution is -0.301. The van der Waals surface area contributed by atoms with E-state index >= 15 is 0 Å². The molecule has 6 atom stereocenters. The van der Waals surface area contributed by atoms with Gasteiger partial charge in [-0.1, -0.05) is 194 Å². The van der Waals surface area contributed by atoms with Crippen molar-refractivity contribution in [3.05, 3.63) is 0 Å². The highest BCUT2D eigenvalue weighted by molar-refractivity contribution is 7.80. The summed E-state index contributed by atoms with van der Waals surface area (Å²) in [5.74, 6) is -0.395. The van der Waals surface area contributed by atoms with Crippen molar-refractivity contribution in [2.24, 2.45) is 0 Å². The molecule has 0 amide bonds. The zero-order valence-corrected chi connectivity index (χ0v) is 37.0. The second-order valence-corrected chi connectivity index (χ2v) is 17.4. The van der Waals surface area contributed by atoms with E-state index in [1.807, 2.05) is 0 Å². The van der Waals surface area contributed by atoms with Crippen molar-refractivity contribution in [2.45, 2.75) is 250 Å². The zero-order valence-electron chi connectivity index (χ0n) is 36.2. The van der Waals surface area contributed by atoms with Crippen molar-refractivity contribution in [1.82, 2.24) is 0 Å². The fourth-order valence-electron chi connectivity index (χ4n) is 7.44. The molecule has 0 aromatic carbocycles. The van der Waals surface area contributed by atoms with E-state index in [9.17, 15) is 28.5 Å². The predicted octanol–water partition coefficient (Wildman–Crippen LogP) is 9.69. The first-order valence-electron chi connectivity index (χ1n) is 23.3. The van der Waals surface area contributed by atoms with Crippen molar-refractivity contribution in [3.63, 3.8) is 0 Å². The summed E-state index contributed by atoms with van der Waals surface area (Å²) < 4.78 is 58.9. The highest BCUT2D eigenvalue weighted by Crippen LogP contribution is 2.26. The summed E-state index contributed by atoms with van der Waals surface area (Å²) >= 11 is 0. The van der Waals surface area contributed by atoms with Crippen LogP contribution in [0.2, 0.25) is 0 Å². The van der Waals surface area contributed by atoms with Gasteiger partial charge in [-0.3, -0.25) is 9.35 Å². The predicted molar refractivity (Wildman–Crippen MR) is 225 cm³/mol. The molecule has 0 aromatic heterocycles. The van der Waals surface area contributed by atoms with Gasteiger partial charge in [-0.2, -0.15) is 8.42 Å². The minimum absolute atomic E-state index is 0.0431. The molecule has 0 aliphatic carbocycles. The van der Waals surface area contributed by atoms with E-state index in [2.05, 4.69) is 18.0 Å². The average molecular weight is 839 g/mol. The van der Waals surface area contributed by atoms with Crippen LogP contribution in [0.1, 0.15) is 213 Å². The lowest BCUT2D eigenvalue weighted by Crippen LogP contribution is -2.60. The van der Waals surface area contributed by atoms with Crippen LogP contribution in [0.4, 0.5) is 0 Å².